The summed E-state index contributed by atoms with van der Waals surface area (Å²) in [7, 11) is 0. The minimum Gasteiger partial charge on any atom is -0.485 e. The molecule has 0 aliphatic carbocycles. The van der Waals surface area contributed by atoms with Crippen molar-refractivity contribution >= 4 is 5.57 Å². The zero-order valence-electron chi connectivity index (χ0n) is 12.9. The standard InChI is InChI=1S/C19H20N2O/c1-4-17(19-10-6-8-14-21-19)12-11-15(2)22-16(3)18-9-5-7-13-20-18/h4-14,16H,2H2,1,3H3/b12-11-,17-4+. The number of hydrogen-bond donors (Lipinski definition) is 0. The molecule has 0 aromatic carbocycles. The SMILES string of the molecule is C=C(/C=C\C(=C/C)c1ccccn1)OC(C)c1ccccn1. The summed E-state index contributed by atoms with van der Waals surface area (Å²) in [6.45, 7) is 7.87. The lowest BCUT2D eigenvalue weighted by Crippen LogP contribution is -2.00. The van der Waals surface area contributed by atoms with Gasteiger partial charge in [-0.3, -0.25) is 9.97 Å². The van der Waals surface area contributed by atoms with Crippen LogP contribution >= 0.6 is 0 Å². The van der Waals surface area contributed by atoms with Gasteiger partial charge < -0.3 is 4.74 Å². The molecular weight excluding hydrogens is 272 g/mol. The molecule has 2 rings (SSSR count). The van der Waals surface area contributed by atoms with E-state index in [-0.39, 0.29) is 6.10 Å². The van der Waals surface area contributed by atoms with Gasteiger partial charge in [0, 0.05) is 12.4 Å². The van der Waals surface area contributed by atoms with Gasteiger partial charge in [-0.25, -0.2) is 0 Å². The van der Waals surface area contributed by atoms with E-state index in [1.807, 2.05) is 68.5 Å². The Morgan fingerprint density at radius 2 is 1.82 bits per heavy atom. The van der Waals surface area contributed by atoms with Crippen LogP contribution in [-0.4, -0.2) is 9.97 Å². The molecule has 0 bridgehead atoms. The number of aromatic nitrogens is 2. The summed E-state index contributed by atoms with van der Waals surface area (Å²) in [4.78, 5) is 8.62. The second-order valence-corrected chi connectivity index (χ2v) is 4.77. The average molecular weight is 292 g/mol. The summed E-state index contributed by atoms with van der Waals surface area (Å²) >= 11 is 0. The second kappa shape index (κ2) is 7.93. The van der Waals surface area contributed by atoms with Gasteiger partial charge >= 0.3 is 0 Å². The number of rotatable bonds is 6. The maximum Gasteiger partial charge on any atom is 0.138 e. The van der Waals surface area contributed by atoms with E-state index in [9.17, 15) is 0 Å². The summed E-state index contributed by atoms with van der Waals surface area (Å²) < 4.78 is 5.78. The molecule has 0 saturated carbocycles. The quantitative estimate of drug-likeness (QED) is 0.570. The number of ether oxygens (including phenoxy) is 1. The van der Waals surface area contributed by atoms with Crippen molar-refractivity contribution in [3.8, 4) is 0 Å². The first-order valence-electron chi connectivity index (χ1n) is 7.23. The predicted octanol–water partition coefficient (Wildman–Crippen LogP) is 4.73. The molecule has 112 valence electrons. The van der Waals surface area contributed by atoms with Crippen molar-refractivity contribution in [2.45, 2.75) is 20.0 Å². The van der Waals surface area contributed by atoms with Gasteiger partial charge in [0.2, 0.25) is 0 Å². The maximum absolute atomic E-state index is 5.78. The van der Waals surface area contributed by atoms with E-state index < -0.39 is 0 Å². The molecule has 0 amide bonds. The van der Waals surface area contributed by atoms with Crippen molar-refractivity contribution in [3.05, 3.63) is 90.7 Å². The van der Waals surface area contributed by atoms with Gasteiger partial charge in [-0.05, 0) is 55.8 Å². The molecule has 22 heavy (non-hydrogen) atoms. The molecule has 2 aromatic heterocycles. The van der Waals surface area contributed by atoms with E-state index in [0.29, 0.717) is 5.76 Å². The smallest absolute Gasteiger partial charge is 0.138 e. The molecule has 1 unspecified atom stereocenters. The Bertz CT molecular complexity index is 660. The van der Waals surface area contributed by atoms with Crippen molar-refractivity contribution in [2.75, 3.05) is 0 Å². The van der Waals surface area contributed by atoms with Crippen molar-refractivity contribution in [1.29, 1.82) is 0 Å². The van der Waals surface area contributed by atoms with Crippen LogP contribution in [0.4, 0.5) is 0 Å². The summed E-state index contributed by atoms with van der Waals surface area (Å²) in [5, 5.41) is 0. The molecule has 0 N–H and O–H groups in total. The van der Waals surface area contributed by atoms with E-state index in [2.05, 4.69) is 16.5 Å². The lowest BCUT2D eigenvalue weighted by molar-refractivity contribution is 0.140. The lowest BCUT2D eigenvalue weighted by Gasteiger charge is -2.14. The normalized spacial score (nSPS) is 13.1. The Balaban J connectivity index is 1.99. The Morgan fingerprint density at radius 3 is 2.41 bits per heavy atom. The molecule has 0 spiro atoms. The van der Waals surface area contributed by atoms with Crippen LogP contribution in [0.3, 0.4) is 0 Å². The molecule has 0 fully saturated rings. The van der Waals surface area contributed by atoms with Gasteiger partial charge in [0.15, 0.2) is 0 Å². The Hall–Kier alpha value is -2.68. The molecule has 0 radical (unpaired) electrons. The van der Waals surface area contributed by atoms with Crippen molar-refractivity contribution in [3.63, 3.8) is 0 Å². The molecule has 0 saturated heterocycles. The molecule has 3 heteroatoms. The number of pyridine rings is 2. The van der Waals surface area contributed by atoms with Gasteiger partial charge in [0.25, 0.3) is 0 Å². The number of hydrogen-bond acceptors (Lipinski definition) is 3. The van der Waals surface area contributed by atoms with E-state index in [0.717, 1.165) is 17.0 Å². The highest BCUT2D eigenvalue weighted by atomic mass is 16.5. The van der Waals surface area contributed by atoms with E-state index in [1.165, 1.54) is 0 Å². The van der Waals surface area contributed by atoms with Crippen molar-refractivity contribution in [1.82, 2.24) is 9.97 Å². The highest BCUT2D eigenvalue weighted by Gasteiger charge is 2.07. The first-order chi connectivity index (χ1) is 10.7. The van der Waals surface area contributed by atoms with Gasteiger partial charge in [-0.2, -0.15) is 0 Å². The van der Waals surface area contributed by atoms with Crippen LogP contribution < -0.4 is 0 Å². The zero-order chi connectivity index (χ0) is 15.8. The highest BCUT2D eigenvalue weighted by Crippen LogP contribution is 2.19. The fourth-order valence-electron chi connectivity index (χ4n) is 1.99. The van der Waals surface area contributed by atoms with Crippen LogP contribution in [0.15, 0.2) is 79.4 Å². The Kier molecular flexibility index (Phi) is 5.66. The van der Waals surface area contributed by atoms with E-state index in [4.69, 9.17) is 4.74 Å². The molecule has 3 nitrogen and oxygen atoms in total. The van der Waals surface area contributed by atoms with E-state index >= 15 is 0 Å². The largest absolute Gasteiger partial charge is 0.485 e. The minimum atomic E-state index is -0.137. The molecule has 2 aromatic rings. The molecule has 0 aliphatic heterocycles. The second-order valence-electron chi connectivity index (χ2n) is 4.77. The first kappa shape index (κ1) is 15.7. The predicted molar refractivity (Wildman–Crippen MR) is 89.9 cm³/mol. The third-order valence-electron chi connectivity index (χ3n) is 3.15. The van der Waals surface area contributed by atoms with Gasteiger partial charge in [-0.15, -0.1) is 0 Å². The monoisotopic (exact) mass is 292 g/mol. The Labute approximate surface area is 131 Å². The third kappa shape index (κ3) is 4.42. The summed E-state index contributed by atoms with van der Waals surface area (Å²) in [6.07, 6.45) is 9.21. The minimum absolute atomic E-state index is 0.137. The number of nitrogens with zero attached hydrogens (tertiary/aromatic N) is 2. The van der Waals surface area contributed by atoms with Crippen LogP contribution in [0.25, 0.3) is 5.57 Å². The average Bonchev–Trinajstić information content (AvgIpc) is 2.57. The summed E-state index contributed by atoms with van der Waals surface area (Å²) in [5.74, 6) is 0.591. The zero-order valence-corrected chi connectivity index (χ0v) is 12.9. The van der Waals surface area contributed by atoms with Crippen molar-refractivity contribution < 1.29 is 4.74 Å². The highest BCUT2D eigenvalue weighted by molar-refractivity contribution is 5.71. The lowest BCUT2D eigenvalue weighted by atomic mass is 10.1. The van der Waals surface area contributed by atoms with Crippen LogP contribution in [-0.2, 0) is 4.74 Å². The van der Waals surface area contributed by atoms with Crippen molar-refractivity contribution in [2.24, 2.45) is 0 Å². The topological polar surface area (TPSA) is 35.0 Å². The van der Waals surface area contributed by atoms with Crippen LogP contribution in [0.5, 0.6) is 0 Å². The van der Waals surface area contributed by atoms with Crippen LogP contribution in [0, 0.1) is 0 Å². The molecule has 1 atom stereocenters. The van der Waals surface area contributed by atoms with Gasteiger partial charge in [0.05, 0.1) is 11.4 Å². The van der Waals surface area contributed by atoms with Crippen LogP contribution in [0.2, 0.25) is 0 Å². The summed E-state index contributed by atoms with van der Waals surface area (Å²) in [5.41, 5.74) is 2.83. The van der Waals surface area contributed by atoms with Gasteiger partial charge in [-0.1, -0.05) is 24.8 Å². The maximum atomic E-state index is 5.78. The Morgan fingerprint density at radius 1 is 1.09 bits per heavy atom. The third-order valence-corrected chi connectivity index (χ3v) is 3.15. The first-order valence-corrected chi connectivity index (χ1v) is 7.23. The molecule has 2 heterocycles. The van der Waals surface area contributed by atoms with Gasteiger partial charge in [0.1, 0.15) is 11.9 Å². The fraction of sp³-hybridized carbons (Fsp3) is 0.158. The number of allylic oxidation sites excluding steroid dienone is 4. The van der Waals surface area contributed by atoms with E-state index in [1.54, 1.807) is 12.4 Å². The fourth-order valence-corrected chi connectivity index (χ4v) is 1.99. The van der Waals surface area contributed by atoms with Crippen LogP contribution in [0.1, 0.15) is 31.3 Å². The molecular formula is C19H20N2O. The molecule has 0 aliphatic rings. The summed E-state index contributed by atoms with van der Waals surface area (Å²) in [6, 6.07) is 11.6.